The lowest BCUT2D eigenvalue weighted by Crippen LogP contribution is -2.27. The van der Waals surface area contributed by atoms with E-state index in [1.807, 2.05) is 0 Å². The van der Waals surface area contributed by atoms with Gasteiger partial charge in [-0.25, -0.2) is 4.79 Å². The van der Waals surface area contributed by atoms with E-state index in [1.54, 1.807) is 11.1 Å². The first kappa shape index (κ1) is 17.1. The summed E-state index contributed by atoms with van der Waals surface area (Å²) >= 11 is 1.28. The van der Waals surface area contributed by atoms with E-state index in [4.69, 9.17) is 5.26 Å². The number of carbonyl (C=O) groups is 1. The topological polar surface area (TPSA) is 65.7 Å². The molecule has 0 saturated carbocycles. The maximum Gasteiger partial charge on any atom is 0.416 e. The molecule has 1 heterocycles. The molecule has 0 aliphatic carbocycles. The average Bonchev–Trinajstić information content (AvgIpc) is 2.93. The number of nitriles is 1. The van der Waals surface area contributed by atoms with Gasteiger partial charge >= 0.3 is 12.1 Å². The van der Waals surface area contributed by atoms with Gasteiger partial charge in [0.25, 0.3) is 0 Å². The van der Waals surface area contributed by atoms with Gasteiger partial charge in [-0.15, -0.1) is 4.99 Å². The monoisotopic (exact) mass is 343 g/mol. The Kier molecular flexibility index (Phi) is 5.15. The number of ether oxygens (including phenoxy) is 1. The summed E-state index contributed by atoms with van der Waals surface area (Å²) in [6.45, 7) is 0.269. The average molecular weight is 343 g/mol. The molecule has 1 aromatic carbocycles. The number of alkyl halides is 3. The first-order valence-electron chi connectivity index (χ1n) is 6.50. The van der Waals surface area contributed by atoms with Crippen molar-refractivity contribution in [2.24, 2.45) is 4.99 Å². The molecule has 0 aromatic heterocycles. The molecular formula is C14H12F3N3O2S. The van der Waals surface area contributed by atoms with Crippen LogP contribution in [0.4, 0.5) is 13.2 Å². The number of thioether (sulfide) groups is 1. The molecular weight excluding hydrogens is 331 g/mol. The Labute approximate surface area is 134 Å². The summed E-state index contributed by atoms with van der Waals surface area (Å²) in [7, 11) is 1.11. The Hall–Kier alpha value is -2.21. The zero-order valence-electron chi connectivity index (χ0n) is 12.1. The first-order chi connectivity index (χ1) is 10.9. The molecule has 1 fully saturated rings. The highest BCUT2D eigenvalue weighted by molar-refractivity contribution is 8.14. The fourth-order valence-corrected chi connectivity index (χ4v) is 3.18. The molecule has 1 aromatic rings. The first-order valence-corrected chi connectivity index (χ1v) is 7.49. The van der Waals surface area contributed by atoms with E-state index in [0.29, 0.717) is 17.5 Å². The van der Waals surface area contributed by atoms with Crippen molar-refractivity contribution in [3.05, 3.63) is 34.9 Å². The molecule has 2 rings (SSSR count). The van der Waals surface area contributed by atoms with E-state index in [0.717, 1.165) is 13.2 Å². The van der Waals surface area contributed by atoms with Gasteiger partial charge in [0, 0.05) is 18.8 Å². The summed E-state index contributed by atoms with van der Waals surface area (Å²) in [5, 5.41) is 8.99. The van der Waals surface area contributed by atoms with Gasteiger partial charge in [0.15, 0.2) is 5.17 Å². The number of aliphatic imine (C=N–C) groups is 1. The second kappa shape index (κ2) is 6.91. The largest absolute Gasteiger partial charge is 0.465 e. The smallest absolute Gasteiger partial charge is 0.416 e. The van der Waals surface area contributed by atoms with Crippen molar-refractivity contribution >= 4 is 22.9 Å². The highest BCUT2D eigenvalue weighted by atomic mass is 32.2. The van der Waals surface area contributed by atoms with Crippen LogP contribution in [-0.4, -0.2) is 35.4 Å². The van der Waals surface area contributed by atoms with Gasteiger partial charge in [-0.1, -0.05) is 17.8 Å². The molecule has 5 nitrogen and oxygen atoms in total. The Morgan fingerprint density at radius 1 is 1.52 bits per heavy atom. The second-order valence-corrected chi connectivity index (χ2v) is 5.65. The summed E-state index contributed by atoms with van der Waals surface area (Å²) in [6, 6.07) is 3.38. The van der Waals surface area contributed by atoms with Crippen LogP contribution in [0.2, 0.25) is 0 Å². The molecule has 1 aliphatic heterocycles. The Bertz CT molecular complexity index is 683. The molecule has 0 unspecified atom stereocenters. The van der Waals surface area contributed by atoms with Crippen LogP contribution in [0.25, 0.3) is 0 Å². The number of esters is 1. The van der Waals surface area contributed by atoms with E-state index in [9.17, 15) is 18.0 Å². The number of rotatable bonds is 3. The number of methoxy groups -OCH3 is 1. The van der Waals surface area contributed by atoms with Crippen molar-refractivity contribution in [2.75, 3.05) is 19.4 Å². The number of amidine groups is 1. The fraction of sp³-hybridized carbons (Fsp3) is 0.357. The van der Waals surface area contributed by atoms with Crippen molar-refractivity contribution in [3.8, 4) is 6.19 Å². The molecule has 9 heteroatoms. The summed E-state index contributed by atoms with van der Waals surface area (Å²) in [5.74, 6) is -0.223. The predicted molar refractivity (Wildman–Crippen MR) is 78.7 cm³/mol. The van der Waals surface area contributed by atoms with Crippen LogP contribution in [0.5, 0.6) is 0 Å². The van der Waals surface area contributed by atoms with Gasteiger partial charge in [0.1, 0.15) is 0 Å². The second-order valence-electron chi connectivity index (χ2n) is 4.59. The van der Waals surface area contributed by atoms with E-state index >= 15 is 0 Å². The number of benzene rings is 1. The minimum atomic E-state index is -4.60. The fourth-order valence-electron chi connectivity index (χ4n) is 2.24. The van der Waals surface area contributed by atoms with Gasteiger partial charge in [-0.3, -0.25) is 0 Å². The summed E-state index contributed by atoms with van der Waals surface area (Å²) in [4.78, 5) is 16.9. The van der Waals surface area contributed by atoms with E-state index in [2.05, 4.69) is 9.73 Å². The molecule has 0 atom stereocenters. The van der Waals surface area contributed by atoms with Crippen LogP contribution in [0, 0.1) is 11.5 Å². The lowest BCUT2D eigenvalue weighted by atomic mass is 10.00. The summed E-state index contributed by atoms with van der Waals surface area (Å²) in [5.41, 5.74) is -1.22. The van der Waals surface area contributed by atoms with Crippen molar-refractivity contribution in [3.63, 3.8) is 0 Å². The Morgan fingerprint density at radius 2 is 2.26 bits per heavy atom. The number of nitrogens with zero attached hydrogens (tertiary/aromatic N) is 3. The van der Waals surface area contributed by atoms with E-state index in [1.165, 1.54) is 23.9 Å². The third-order valence-corrected chi connectivity index (χ3v) is 4.24. The lowest BCUT2D eigenvalue weighted by Gasteiger charge is -2.22. The van der Waals surface area contributed by atoms with Crippen LogP contribution in [0.3, 0.4) is 0 Å². The number of hydrogen-bond donors (Lipinski definition) is 0. The maximum absolute atomic E-state index is 13.3. The quantitative estimate of drug-likeness (QED) is 0.624. The molecule has 0 radical (unpaired) electrons. The van der Waals surface area contributed by atoms with Crippen LogP contribution in [0.15, 0.2) is 23.2 Å². The Morgan fingerprint density at radius 3 is 2.87 bits per heavy atom. The van der Waals surface area contributed by atoms with E-state index in [-0.39, 0.29) is 17.7 Å². The normalized spacial score (nSPS) is 16.5. The highest BCUT2D eigenvalue weighted by Gasteiger charge is 2.36. The van der Waals surface area contributed by atoms with Gasteiger partial charge in [-0.05, 0) is 17.7 Å². The molecule has 1 aliphatic rings. The third-order valence-electron chi connectivity index (χ3n) is 3.24. The molecule has 23 heavy (non-hydrogen) atoms. The number of hydrogen-bond acceptors (Lipinski definition) is 5. The van der Waals surface area contributed by atoms with Crippen molar-refractivity contribution < 1.29 is 22.7 Å². The van der Waals surface area contributed by atoms with Crippen molar-refractivity contribution in [1.29, 1.82) is 5.26 Å². The van der Waals surface area contributed by atoms with Gasteiger partial charge < -0.3 is 9.64 Å². The van der Waals surface area contributed by atoms with Gasteiger partial charge in [0.05, 0.1) is 18.2 Å². The minimum Gasteiger partial charge on any atom is -0.465 e. The van der Waals surface area contributed by atoms with Crippen LogP contribution in [0.1, 0.15) is 21.5 Å². The molecule has 0 spiro atoms. The van der Waals surface area contributed by atoms with Crippen LogP contribution >= 0.6 is 11.8 Å². The van der Waals surface area contributed by atoms with Gasteiger partial charge in [0.2, 0.25) is 6.19 Å². The van der Waals surface area contributed by atoms with E-state index < -0.39 is 17.7 Å². The molecule has 0 amide bonds. The predicted octanol–water partition coefficient (Wildman–Crippen LogP) is 2.88. The van der Waals surface area contributed by atoms with Crippen LogP contribution in [-0.2, 0) is 17.5 Å². The zero-order chi connectivity index (χ0) is 17.0. The molecule has 122 valence electrons. The van der Waals surface area contributed by atoms with Crippen LogP contribution < -0.4 is 0 Å². The molecule has 0 bridgehead atoms. The highest BCUT2D eigenvalue weighted by Crippen LogP contribution is 2.35. The zero-order valence-corrected chi connectivity index (χ0v) is 12.9. The number of carbonyl (C=O) groups excluding carboxylic acids is 1. The lowest BCUT2D eigenvalue weighted by molar-refractivity contribution is -0.138. The van der Waals surface area contributed by atoms with Gasteiger partial charge in [-0.2, -0.15) is 18.4 Å². The molecule has 0 N–H and O–H groups in total. The Balaban J connectivity index is 2.48. The third kappa shape index (κ3) is 3.76. The molecule has 1 saturated heterocycles. The van der Waals surface area contributed by atoms with Crippen molar-refractivity contribution in [2.45, 2.75) is 12.7 Å². The summed E-state index contributed by atoms with van der Waals surface area (Å²) in [6.07, 6.45) is -2.97. The summed E-state index contributed by atoms with van der Waals surface area (Å²) < 4.78 is 44.3. The minimum absolute atomic E-state index is 0.143. The standard InChI is InChI=1S/C14H12F3N3O2S/c1-22-12(21)9-3-2-4-11(14(15,16)17)10(9)7-20-5-6-23-13(20)19-8-18/h2-4H,5-7H2,1H3. The SMILES string of the molecule is COC(=O)c1cccc(C(F)(F)F)c1CN1CCSC1=NC#N. The number of halogens is 3. The van der Waals surface area contributed by atoms with Crippen molar-refractivity contribution in [1.82, 2.24) is 4.90 Å². The maximum atomic E-state index is 13.3.